The van der Waals surface area contributed by atoms with Crippen molar-refractivity contribution >= 4 is 11.6 Å². The third-order valence-corrected chi connectivity index (χ3v) is 3.81. The number of hydrogen-bond donors (Lipinski definition) is 1. The van der Waals surface area contributed by atoms with Crippen LogP contribution in [0.4, 0.5) is 5.69 Å². The summed E-state index contributed by atoms with van der Waals surface area (Å²) in [6.45, 7) is 4.77. The van der Waals surface area contributed by atoms with Gasteiger partial charge in [0.25, 0.3) is 5.91 Å². The highest BCUT2D eigenvalue weighted by atomic mass is 16.3. The molecule has 110 valence electrons. The number of hydrogen-bond acceptors (Lipinski definition) is 3. The lowest BCUT2D eigenvalue weighted by molar-refractivity contribution is 0.0659. The van der Waals surface area contributed by atoms with Crippen molar-refractivity contribution in [2.24, 2.45) is 0 Å². The summed E-state index contributed by atoms with van der Waals surface area (Å²) < 4.78 is 5.74. The number of rotatable bonds is 4. The second-order valence-corrected chi connectivity index (χ2v) is 5.39. The number of carbonyl (C=O) groups excluding carboxylic acids is 1. The van der Waals surface area contributed by atoms with Gasteiger partial charge in [-0.3, -0.25) is 4.79 Å². The molecule has 4 nitrogen and oxygen atoms in total. The standard InChI is InChI=1S/C17H20N2O2/c1-3-4-11-19-16(15-10-9-12(2)21-15)18-14-8-6-5-7-13(14)17(19)20/h5-10,16,18H,3-4,11H2,1-2H3. The van der Waals surface area contributed by atoms with E-state index in [1.165, 1.54) is 0 Å². The number of fused-ring (bicyclic) bond motifs is 1. The van der Waals surface area contributed by atoms with Gasteiger partial charge in [-0.2, -0.15) is 0 Å². The van der Waals surface area contributed by atoms with Crippen molar-refractivity contribution in [3.05, 3.63) is 53.5 Å². The van der Waals surface area contributed by atoms with Crippen molar-refractivity contribution in [2.75, 3.05) is 11.9 Å². The number of amides is 1. The molecule has 2 heterocycles. The van der Waals surface area contributed by atoms with Crippen LogP contribution in [0.15, 0.2) is 40.8 Å². The molecular weight excluding hydrogens is 264 g/mol. The number of nitrogens with zero attached hydrogens (tertiary/aromatic N) is 1. The van der Waals surface area contributed by atoms with E-state index >= 15 is 0 Å². The molecule has 0 spiro atoms. The molecule has 1 aromatic heterocycles. The summed E-state index contributed by atoms with van der Waals surface area (Å²) in [7, 11) is 0. The molecule has 4 heteroatoms. The molecule has 0 aliphatic carbocycles. The number of aryl methyl sites for hydroxylation is 1. The van der Waals surface area contributed by atoms with Gasteiger partial charge in [-0.15, -0.1) is 0 Å². The van der Waals surface area contributed by atoms with Gasteiger partial charge in [0.1, 0.15) is 11.5 Å². The molecule has 1 aliphatic rings. The number of anilines is 1. The van der Waals surface area contributed by atoms with Crippen LogP contribution in [0.2, 0.25) is 0 Å². The Labute approximate surface area is 124 Å². The van der Waals surface area contributed by atoms with Crippen LogP contribution in [-0.4, -0.2) is 17.4 Å². The number of furan rings is 1. The minimum Gasteiger partial charge on any atom is -0.462 e. The topological polar surface area (TPSA) is 45.5 Å². The molecule has 0 saturated heterocycles. The summed E-state index contributed by atoms with van der Waals surface area (Å²) in [5, 5.41) is 3.43. The molecule has 3 rings (SSSR count). The van der Waals surface area contributed by atoms with Crippen LogP contribution < -0.4 is 5.32 Å². The molecule has 1 unspecified atom stereocenters. The van der Waals surface area contributed by atoms with E-state index < -0.39 is 0 Å². The second-order valence-electron chi connectivity index (χ2n) is 5.39. The first-order valence-corrected chi connectivity index (χ1v) is 7.43. The van der Waals surface area contributed by atoms with Crippen molar-refractivity contribution < 1.29 is 9.21 Å². The van der Waals surface area contributed by atoms with Gasteiger partial charge in [0.15, 0.2) is 6.17 Å². The SMILES string of the molecule is CCCCN1C(=O)c2ccccc2NC1c1ccc(C)o1. The van der Waals surface area contributed by atoms with Crippen LogP contribution in [0, 0.1) is 6.92 Å². The van der Waals surface area contributed by atoms with Crippen molar-refractivity contribution in [2.45, 2.75) is 32.9 Å². The maximum Gasteiger partial charge on any atom is 0.257 e. The van der Waals surface area contributed by atoms with Gasteiger partial charge in [-0.05, 0) is 37.6 Å². The number of para-hydroxylation sites is 1. The van der Waals surface area contributed by atoms with Gasteiger partial charge in [-0.25, -0.2) is 0 Å². The van der Waals surface area contributed by atoms with E-state index in [4.69, 9.17) is 4.42 Å². The number of carbonyl (C=O) groups is 1. The van der Waals surface area contributed by atoms with Crippen molar-refractivity contribution in [3.63, 3.8) is 0 Å². The first-order valence-electron chi connectivity index (χ1n) is 7.43. The summed E-state index contributed by atoms with van der Waals surface area (Å²) in [6, 6.07) is 11.5. The smallest absolute Gasteiger partial charge is 0.257 e. The molecular formula is C17H20N2O2. The monoisotopic (exact) mass is 284 g/mol. The Kier molecular flexibility index (Phi) is 3.69. The van der Waals surface area contributed by atoms with E-state index in [-0.39, 0.29) is 12.1 Å². The van der Waals surface area contributed by atoms with E-state index in [0.717, 1.165) is 42.2 Å². The van der Waals surface area contributed by atoms with Crippen molar-refractivity contribution in [3.8, 4) is 0 Å². The zero-order valence-corrected chi connectivity index (χ0v) is 12.4. The summed E-state index contributed by atoms with van der Waals surface area (Å²) in [5.41, 5.74) is 1.60. The predicted octanol–water partition coefficient (Wildman–Crippen LogP) is 3.95. The molecule has 1 aromatic carbocycles. The largest absolute Gasteiger partial charge is 0.462 e. The normalized spacial score (nSPS) is 17.5. The molecule has 1 amide bonds. The summed E-state index contributed by atoms with van der Waals surface area (Å²) >= 11 is 0. The number of nitrogens with one attached hydrogen (secondary N) is 1. The average Bonchev–Trinajstić information content (AvgIpc) is 2.93. The van der Waals surface area contributed by atoms with Gasteiger partial charge in [0.2, 0.25) is 0 Å². The van der Waals surface area contributed by atoms with E-state index in [9.17, 15) is 4.79 Å². The zero-order valence-electron chi connectivity index (χ0n) is 12.4. The number of benzene rings is 1. The maximum absolute atomic E-state index is 12.8. The maximum atomic E-state index is 12.8. The molecule has 1 atom stereocenters. The number of unbranched alkanes of at least 4 members (excludes halogenated alkanes) is 1. The Morgan fingerprint density at radius 2 is 2.05 bits per heavy atom. The van der Waals surface area contributed by atoms with Crippen LogP contribution in [0.1, 0.15) is 47.8 Å². The molecule has 1 aliphatic heterocycles. The van der Waals surface area contributed by atoms with E-state index in [0.29, 0.717) is 0 Å². The molecule has 21 heavy (non-hydrogen) atoms. The zero-order chi connectivity index (χ0) is 14.8. The Morgan fingerprint density at radius 3 is 2.76 bits per heavy atom. The quantitative estimate of drug-likeness (QED) is 0.924. The van der Waals surface area contributed by atoms with Gasteiger partial charge < -0.3 is 14.6 Å². The van der Waals surface area contributed by atoms with Gasteiger partial charge in [-0.1, -0.05) is 25.5 Å². The lowest BCUT2D eigenvalue weighted by atomic mass is 10.1. The average molecular weight is 284 g/mol. The predicted molar refractivity (Wildman–Crippen MR) is 82.2 cm³/mol. The molecule has 0 saturated carbocycles. The summed E-state index contributed by atoms with van der Waals surface area (Å²) in [4.78, 5) is 14.6. The molecule has 0 radical (unpaired) electrons. The Morgan fingerprint density at radius 1 is 1.24 bits per heavy atom. The third-order valence-electron chi connectivity index (χ3n) is 3.81. The van der Waals surface area contributed by atoms with E-state index in [1.54, 1.807) is 0 Å². The fourth-order valence-corrected chi connectivity index (χ4v) is 2.68. The lowest BCUT2D eigenvalue weighted by Gasteiger charge is -2.36. The van der Waals surface area contributed by atoms with Crippen LogP contribution in [0.3, 0.4) is 0 Å². The first-order chi connectivity index (χ1) is 10.2. The highest BCUT2D eigenvalue weighted by Crippen LogP contribution is 2.33. The Balaban J connectivity index is 1.98. The highest BCUT2D eigenvalue weighted by molar-refractivity contribution is 6.01. The van der Waals surface area contributed by atoms with Crippen molar-refractivity contribution in [1.29, 1.82) is 0 Å². The van der Waals surface area contributed by atoms with Gasteiger partial charge >= 0.3 is 0 Å². The minimum absolute atomic E-state index is 0.0665. The van der Waals surface area contributed by atoms with Crippen molar-refractivity contribution in [1.82, 2.24) is 4.90 Å². The van der Waals surface area contributed by atoms with Gasteiger partial charge in [0.05, 0.1) is 5.56 Å². The summed E-state index contributed by atoms with van der Waals surface area (Å²) in [5.74, 6) is 1.71. The first kappa shape index (κ1) is 13.7. The summed E-state index contributed by atoms with van der Waals surface area (Å²) in [6.07, 6.45) is 1.80. The Bertz CT molecular complexity index is 648. The van der Waals surface area contributed by atoms with E-state index in [1.807, 2.05) is 48.2 Å². The van der Waals surface area contributed by atoms with E-state index in [2.05, 4.69) is 12.2 Å². The third kappa shape index (κ3) is 2.53. The van der Waals surface area contributed by atoms with Gasteiger partial charge in [0, 0.05) is 12.2 Å². The second kappa shape index (κ2) is 5.64. The Hall–Kier alpha value is -2.23. The lowest BCUT2D eigenvalue weighted by Crippen LogP contribution is -2.43. The fraction of sp³-hybridized carbons (Fsp3) is 0.353. The highest BCUT2D eigenvalue weighted by Gasteiger charge is 2.33. The van der Waals surface area contributed by atoms with Crippen LogP contribution >= 0.6 is 0 Å². The fourth-order valence-electron chi connectivity index (χ4n) is 2.68. The molecule has 1 N–H and O–H groups in total. The van der Waals surface area contributed by atoms with Crippen LogP contribution in [0.25, 0.3) is 0 Å². The molecule has 2 aromatic rings. The van der Waals surface area contributed by atoms with Crippen LogP contribution in [-0.2, 0) is 0 Å². The van der Waals surface area contributed by atoms with Crippen LogP contribution in [0.5, 0.6) is 0 Å². The minimum atomic E-state index is -0.229. The molecule has 0 fully saturated rings. The molecule has 0 bridgehead atoms.